The van der Waals surface area contributed by atoms with Crippen LogP contribution in [-0.4, -0.2) is 35.4 Å². The minimum Gasteiger partial charge on any atom is -0.466 e. The number of piperidine rings is 1. The van der Waals surface area contributed by atoms with Crippen LogP contribution in [0.2, 0.25) is 5.02 Å². The van der Waals surface area contributed by atoms with Gasteiger partial charge < -0.3 is 9.73 Å². The molecule has 28 heavy (non-hydrogen) atoms. The number of hydrogen-bond donors (Lipinski definition) is 1. The van der Waals surface area contributed by atoms with Gasteiger partial charge in [0.15, 0.2) is 0 Å². The highest BCUT2D eigenvalue weighted by atomic mass is 35.5. The Hall–Kier alpha value is -2.38. The van der Waals surface area contributed by atoms with Crippen LogP contribution in [0.3, 0.4) is 0 Å². The molecule has 0 saturated carbocycles. The fourth-order valence-electron chi connectivity index (χ4n) is 3.56. The lowest BCUT2D eigenvalue weighted by Crippen LogP contribution is -2.38. The first kappa shape index (κ1) is 20.4. The smallest absolute Gasteiger partial charge is 0.288 e. The lowest BCUT2D eigenvalue weighted by atomic mass is 9.96. The zero-order valence-corrected chi connectivity index (χ0v) is 16.8. The first-order chi connectivity index (χ1) is 13.3. The number of nitrogens with one attached hydrogen (secondary N) is 1. The molecule has 7 nitrogen and oxygen atoms in total. The number of amides is 1. The van der Waals surface area contributed by atoms with Crippen LogP contribution in [-0.2, 0) is 6.54 Å². The van der Waals surface area contributed by atoms with E-state index in [2.05, 4.69) is 16.3 Å². The molecule has 2 aromatic rings. The van der Waals surface area contributed by atoms with Crippen molar-refractivity contribution in [3.63, 3.8) is 0 Å². The Kier molecular flexibility index (Phi) is 6.36. The Bertz CT molecular complexity index is 872. The van der Waals surface area contributed by atoms with Gasteiger partial charge in [-0.2, -0.15) is 0 Å². The van der Waals surface area contributed by atoms with Gasteiger partial charge in [0.2, 0.25) is 0 Å². The molecule has 1 fully saturated rings. The van der Waals surface area contributed by atoms with Crippen molar-refractivity contribution in [1.29, 1.82) is 0 Å². The molecule has 3 rings (SSSR count). The highest BCUT2D eigenvalue weighted by Gasteiger charge is 2.22. The maximum Gasteiger partial charge on any atom is 0.288 e. The number of nitrogens with zero attached hydrogens (tertiary/aromatic N) is 2. The largest absolute Gasteiger partial charge is 0.466 e. The molecule has 0 aliphatic carbocycles. The molecular weight excluding hydrogens is 382 g/mol. The molecule has 1 saturated heterocycles. The highest BCUT2D eigenvalue weighted by Crippen LogP contribution is 2.25. The van der Waals surface area contributed by atoms with Gasteiger partial charge in [-0.25, -0.2) is 0 Å². The van der Waals surface area contributed by atoms with E-state index in [0.717, 1.165) is 44.0 Å². The summed E-state index contributed by atoms with van der Waals surface area (Å²) in [4.78, 5) is 25.1. The molecule has 1 amide bonds. The van der Waals surface area contributed by atoms with E-state index in [4.69, 9.17) is 16.0 Å². The molecule has 0 atom stereocenters. The number of aryl methyl sites for hydroxylation is 2. The number of likely N-dealkylation sites (tertiary alicyclic amines) is 1. The number of hydrogen-bond acceptors (Lipinski definition) is 5. The molecule has 8 heteroatoms. The monoisotopic (exact) mass is 405 g/mol. The van der Waals surface area contributed by atoms with Crippen LogP contribution in [0, 0.1) is 29.9 Å². The maximum atomic E-state index is 12.3. The topological polar surface area (TPSA) is 88.6 Å². The second-order valence-corrected chi connectivity index (χ2v) is 7.70. The Morgan fingerprint density at radius 1 is 1.32 bits per heavy atom. The van der Waals surface area contributed by atoms with Gasteiger partial charge in [-0.3, -0.25) is 19.8 Å². The zero-order valence-electron chi connectivity index (χ0n) is 16.0. The summed E-state index contributed by atoms with van der Waals surface area (Å²) in [6, 6.07) is 6.19. The summed E-state index contributed by atoms with van der Waals surface area (Å²) in [6.07, 6.45) is 1.99. The molecule has 2 heterocycles. The van der Waals surface area contributed by atoms with Crippen molar-refractivity contribution in [2.45, 2.75) is 33.2 Å². The van der Waals surface area contributed by atoms with E-state index >= 15 is 0 Å². The van der Waals surface area contributed by atoms with E-state index in [1.54, 1.807) is 0 Å². The zero-order chi connectivity index (χ0) is 20.3. The molecule has 0 radical (unpaired) electrons. The van der Waals surface area contributed by atoms with Crippen molar-refractivity contribution < 1.29 is 14.1 Å². The SMILES string of the molecule is Cc1cc(CN2CCC(CNC(=O)c3ccc(Cl)c([N+](=O)[O-])c3)CC2)c(C)o1. The summed E-state index contributed by atoms with van der Waals surface area (Å²) in [5.74, 6) is 2.00. The fraction of sp³-hybridized carbons (Fsp3) is 0.450. The summed E-state index contributed by atoms with van der Waals surface area (Å²) >= 11 is 5.79. The van der Waals surface area contributed by atoms with Crippen LogP contribution in [0.1, 0.15) is 40.3 Å². The van der Waals surface area contributed by atoms with E-state index in [1.165, 1.54) is 23.8 Å². The van der Waals surface area contributed by atoms with Gasteiger partial charge in [-0.05, 0) is 63.9 Å². The average molecular weight is 406 g/mol. The normalized spacial score (nSPS) is 15.5. The van der Waals surface area contributed by atoms with E-state index in [1.807, 2.05) is 13.8 Å². The van der Waals surface area contributed by atoms with Crippen molar-refractivity contribution in [2.24, 2.45) is 5.92 Å². The van der Waals surface area contributed by atoms with Crippen LogP contribution < -0.4 is 5.32 Å². The lowest BCUT2D eigenvalue weighted by molar-refractivity contribution is -0.384. The number of carbonyl (C=O) groups excluding carboxylic acids is 1. The fourth-order valence-corrected chi connectivity index (χ4v) is 3.75. The number of nitro groups is 1. The van der Waals surface area contributed by atoms with Gasteiger partial charge in [0, 0.05) is 30.3 Å². The van der Waals surface area contributed by atoms with Gasteiger partial charge in [-0.15, -0.1) is 0 Å². The summed E-state index contributed by atoms with van der Waals surface area (Å²) in [5.41, 5.74) is 1.22. The molecular formula is C20H24ClN3O4. The quantitative estimate of drug-likeness (QED) is 0.577. The second kappa shape index (κ2) is 8.75. The maximum absolute atomic E-state index is 12.3. The Labute approximate surface area is 168 Å². The number of nitro benzene ring substituents is 1. The number of benzene rings is 1. The Balaban J connectivity index is 1.47. The predicted molar refractivity (Wildman–Crippen MR) is 107 cm³/mol. The first-order valence-corrected chi connectivity index (χ1v) is 9.71. The van der Waals surface area contributed by atoms with Crippen molar-refractivity contribution in [1.82, 2.24) is 10.2 Å². The number of rotatable bonds is 6. The van der Waals surface area contributed by atoms with E-state index in [0.29, 0.717) is 12.5 Å². The van der Waals surface area contributed by atoms with Gasteiger partial charge in [0.05, 0.1) is 4.92 Å². The first-order valence-electron chi connectivity index (χ1n) is 9.34. The van der Waals surface area contributed by atoms with E-state index in [-0.39, 0.29) is 22.2 Å². The van der Waals surface area contributed by atoms with Crippen LogP contribution in [0.25, 0.3) is 0 Å². The average Bonchev–Trinajstić information content (AvgIpc) is 2.98. The van der Waals surface area contributed by atoms with Crippen molar-refractivity contribution in [3.05, 3.63) is 62.0 Å². The number of furan rings is 1. The van der Waals surface area contributed by atoms with Crippen LogP contribution in [0.5, 0.6) is 0 Å². The third kappa shape index (κ3) is 4.91. The Morgan fingerprint density at radius 2 is 2.04 bits per heavy atom. The number of carbonyl (C=O) groups is 1. The van der Waals surface area contributed by atoms with Crippen LogP contribution >= 0.6 is 11.6 Å². The highest BCUT2D eigenvalue weighted by molar-refractivity contribution is 6.32. The van der Waals surface area contributed by atoms with Gasteiger partial charge in [-0.1, -0.05) is 11.6 Å². The van der Waals surface area contributed by atoms with Crippen molar-refractivity contribution in [3.8, 4) is 0 Å². The number of halogens is 1. The molecule has 1 aliphatic rings. The predicted octanol–water partition coefficient (Wildman–Crippen LogP) is 4.10. The summed E-state index contributed by atoms with van der Waals surface area (Å²) in [7, 11) is 0. The molecule has 150 valence electrons. The minimum atomic E-state index is -0.585. The van der Waals surface area contributed by atoms with Crippen LogP contribution in [0.15, 0.2) is 28.7 Å². The van der Waals surface area contributed by atoms with Gasteiger partial charge >= 0.3 is 0 Å². The van der Waals surface area contributed by atoms with E-state index < -0.39 is 4.92 Å². The Morgan fingerprint density at radius 3 is 2.64 bits per heavy atom. The summed E-state index contributed by atoms with van der Waals surface area (Å²) < 4.78 is 5.59. The van der Waals surface area contributed by atoms with E-state index in [9.17, 15) is 14.9 Å². The molecule has 0 unspecified atom stereocenters. The minimum absolute atomic E-state index is 0.0250. The summed E-state index contributed by atoms with van der Waals surface area (Å²) in [5, 5.41) is 13.9. The van der Waals surface area contributed by atoms with Gasteiger partial charge in [0.25, 0.3) is 11.6 Å². The molecule has 0 bridgehead atoms. The molecule has 1 aliphatic heterocycles. The molecule has 1 N–H and O–H groups in total. The lowest BCUT2D eigenvalue weighted by Gasteiger charge is -2.31. The molecule has 1 aromatic carbocycles. The summed E-state index contributed by atoms with van der Waals surface area (Å²) in [6.45, 7) is 7.34. The molecule has 0 spiro atoms. The standard InChI is InChI=1S/C20H24ClN3O4/c1-13-9-17(14(2)28-13)12-23-7-5-15(6-8-23)11-22-20(25)16-3-4-18(21)19(10-16)24(26)27/h3-4,9-10,15H,5-8,11-12H2,1-2H3,(H,22,25). The third-order valence-electron chi connectivity index (χ3n) is 5.20. The van der Waals surface area contributed by atoms with Crippen molar-refractivity contribution >= 4 is 23.2 Å². The van der Waals surface area contributed by atoms with Gasteiger partial charge in [0.1, 0.15) is 16.5 Å². The second-order valence-electron chi connectivity index (χ2n) is 7.29. The van der Waals surface area contributed by atoms with Crippen molar-refractivity contribution in [2.75, 3.05) is 19.6 Å². The van der Waals surface area contributed by atoms with Crippen LogP contribution in [0.4, 0.5) is 5.69 Å². The third-order valence-corrected chi connectivity index (χ3v) is 5.52. The molecule has 1 aromatic heterocycles.